The van der Waals surface area contributed by atoms with Gasteiger partial charge in [-0.25, -0.2) is 4.39 Å². The van der Waals surface area contributed by atoms with Crippen LogP contribution in [0.2, 0.25) is 19.6 Å². The van der Waals surface area contributed by atoms with E-state index in [2.05, 4.69) is 68.6 Å². The standard InChI is InChI=1S/C21H17FNO.C16H20NSi.Ir/c1-21(2,3)13-9-10-23-18(11-13)17-6-4-5-16-15-8-7-14(22)12-19(15)24-20(16)17;1-12-6-8-14(9-7-12)15-10-13(2)16(11-17-15)18(3,4)5;/h4-5,7-12H,1-3H3;6-8,10-11H,1-5H3;/q2*-1;/i;1D3,2D3;. The molecule has 3 aromatic heterocycles. The van der Waals surface area contributed by atoms with Crippen LogP contribution in [-0.2, 0) is 25.5 Å². The van der Waals surface area contributed by atoms with Gasteiger partial charge in [-0.15, -0.1) is 53.6 Å². The van der Waals surface area contributed by atoms with E-state index in [1.807, 2.05) is 24.4 Å². The van der Waals surface area contributed by atoms with Gasteiger partial charge in [0.2, 0.25) is 0 Å². The SMILES string of the molecule is CC(C)(C)c1ccnc(-c2[c-]ccc3c2oc2cc(F)ccc23)c1.[2H]C([2H])([2H])c1c[c-]c(-c2cc(C([2H])([2H])[2H])c([Si](C)(C)C)cn2)cc1.[Ir]. The Labute approximate surface area is 277 Å². The number of rotatable bonds is 3. The van der Waals surface area contributed by atoms with Gasteiger partial charge in [0.15, 0.2) is 0 Å². The summed E-state index contributed by atoms with van der Waals surface area (Å²) >= 11 is 0. The summed E-state index contributed by atoms with van der Waals surface area (Å²) in [6, 6.07) is 24.8. The molecule has 0 saturated carbocycles. The molecule has 0 aliphatic rings. The van der Waals surface area contributed by atoms with Crippen molar-refractivity contribution in [2.45, 2.75) is 59.5 Å². The van der Waals surface area contributed by atoms with E-state index >= 15 is 0 Å². The Morgan fingerprint density at radius 3 is 2.37 bits per heavy atom. The number of aromatic nitrogens is 2. The molecule has 223 valence electrons. The maximum Gasteiger partial charge on any atom is 0.126 e. The third kappa shape index (κ3) is 7.21. The molecule has 0 atom stereocenters. The molecule has 0 amide bonds. The number of furan rings is 1. The van der Waals surface area contributed by atoms with Crippen LogP contribution in [0.4, 0.5) is 4.39 Å². The Hall–Kier alpha value is -3.44. The predicted molar refractivity (Wildman–Crippen MR) is 175 cm³/mol. The number of hydrogen-bond donors (Lipinski definition) is 0. The van der Waals surface area contributed by atoms with Gasteiger partial charge in [0, 0.05) is 52.2 Å². The number of benzene rings is 3. The first-order chi connectivity index (χ1) is 22.2. The van der Waals surface area contributed by atoms with E-state index in [4.69, 9.17) is 12.6 Å². The Balaban J connectivity index is 0.000000216. The monoisotopic (exact) mass is 771 g/mol. The molecule has 0 saturated heterocycles. The average Bonchev–Trinajstić information content (AvgIpc) is 3.37. The van der Waals surface area contributed by atoms with Gasteiger partial charge < -0.3 is 14.4 Å². The molecule has 3 nitrogen and oxygen atoms in total. The van der Waals surface area contributed by atoms with Crippen molar-refractivity contribution in [2.75, 3.05) is 0 Å². The summed E-state index contributed by atoms with van der Waals surface area (Å²) in [6.07, 6.45) is 3.46. The van der Waals surface area contributed by atoms with Gasteiger partial charge in [0.25, 0.3) is 0 Å². The van der Waals surface area contributed by atoms with Gasteiger partial charge in [-0.1, -0.05) is 75.9 Å². The zero-order valence-electron chi connectivity index (χ0n) is 31.0. The quantitative estimate of drug-likeness (QED) is 0.133. The molecule has 1 radical (unpaired) electrons. The molecule has 0 aliphatic heterocycles. The summed E-state index contributed by atoms with van der Waals surface area (Å²) in [5.41, 5.74) is 5.65. The summed E-state index contributed by atoms with van der Waals surface area (Å²) in [5.74, 6) is -0.306. The fourth-order valence-corrected chi connectivity index (χ4v) is 6.06. The molecule has 0 unspecified atom stereocenters. The third-order valence-electron chi connectivity index (χ3n) is 7.08. The summed E-state index contributed by atoms with van der Waals surface area (Å²) in [4.78, 5) is 8.89. The van der Waals surface area contributed by atoms with Crippen molar-refractivity contribution in [1.82, 2.24) is 9.97 Å². The number of nitrogens with zero attached hydrogens (tertiary/aromatic N) is 2. The topological polar surface area (TPSA) is 38.9 Å². The Morgan fingerprint density at radius 2 is 1.70 bits per heavy atom. The van der Waals surface area contributed by atoms with Crippen LogP contribution in [-0.4, -0.2) is 18.0 Å². The van der Waals surface area contributed by atoms with Gasteiger partial charge in [0.1, 0.15) is 11.4 Å². The molecule has 0 aliphatic carbocycles. The van der Waals surface area contributed by atoms with Crippen LogP contribution in [0.1, 0.15) is 45.7 Å². The number of aryl methyl sites for hydroxylation is 2. The second-order valence-electron chi connectivity index (χ2n) is 12.4. The van der Waals surface area contributed by atoms with Gasteiger partial charge >= 0.3 is 0 Å². The molecule has 3 heterocycles. The molecule has 6 aromatic rings. The smallest absolute Gasteiger partial charge is 0.126 e. The van der Waals surface area contributed by atoms with E-state index in [0.29, 0.717) is 28.0 Å². The fraction of sp³-hybridized carbons (Fsp3) is 0.243. The molecule has 0 N–H and O–H groups in total. The zero-order chi connectivity index (χ0) is 35.2. The van der Waals surface area contributed by atoms with Crippen LogP contribution in [0.25, 0.3) is 44.5 Å². The van der Waals surface area contributed by atoms with Crippen LogP contribution in [0.15, 0.2) is 83.5 Å². The molecule has 0 spiro atoms. The first-order valence-electron chi connectivity index (χ1n) is 16.8. The summed E-state index contributed by atoms with van der Waals surface area (Å²) in [5, 5.41) is 2.65. The minimum Gasteiger partial charge on any atom is -0.500 e. The maximum absolute atomic E-state index is 13.5. The second-order valence-corrected chi connectivity index (χ2v) is 17.4. The minimum absolute atomic E-state index is 0. The minimum atomic E-state index is -2.22. The molecule has 6 heteroatoms. The first-order valence-corrected chi connectivity index (χ1v) is 17.3. The van der Waals surface area contributed by atoms with Crippen LogP contribution in [0, 0.1) is 31.7 Å². The van der Waals surface area contributed by atoms with Crippen molar-refractivity contribution in [3.8, 4) is 22.5 Å². The normalized spacial score (nSPS) is 14.3. The molecule has 0 fully saturated rings. The molecular weight excluding hydrogens is 728 g/mol. The molecular formula is C37H37FIrN2OSi-2. The molecule has 43 heavy (non-hydrogen) atoms. The van der Waals surface area contributed by atoms with E-state index in [9.17, 15) is 4.39 Å². The van der Waals surface area contributed by atoms with Crippen molar-refractivity contribution in [3.05, 3.63) is 114 Å². The predicted octanol–water partition coefficient (Wildman–Crippen LogP) is 9.59. The molecule has 3 aromatic carbocycles. The summed E-state index contributed by atoms with van der Waals surface area (Å²) in [6.45, 7) is 8.34. The molecule has 0 bridgehead atoms. The van der Waals surface area contributed by atoms with E-state index < -0.39 is 21.8 Å². The van der Waals surface area contributed by atoms with Gasteiger partial charge in [-0.05, 0) is 52.6 Å². The second kappa shape index (κ2) is 12.7. The van der Waals surface area contributed by atoms with E-state index in [1.165, 1.54) is 29.8 Å². The van der Waals surface area contributed by atoms with E-state index in [1.54, 1.807) is 24.4 Å². The van der Waals surface area contributed by atoms with Crippen molar-refractivity contribution in [2.24, 2.45) is 0 Å². The fourth-order valence-electron chi connectivity index (χ4n) is 4.72. The van der Waals surface area contributed by atoms with Crippen LogP contribution in [0.5, 0.6) is 0 Å². The summed E-state index contributed by atoms with van der Waals surface area (Å²) < 4.78 is 65.0. The number of halogens is 1. The van der Waals surface area contributed by atoms with Gasteiger partial charge in [0.05, 0.1) is 13.7 Å². The van der Waals surface area contributed by atoms with Crippen molar-refractivity contribution >= 4 is 35.2 Å². The Bertz CT molecular complexity index is 2100. The third-order valence-corrected chi connectivity index (χ3v) is 9.09. The Morgan fingerprint density at radius 1 is 0.884 bits per heavy atom. The van der Waals surface area contributed by atoms with Crippen molar-refractivity contribution in [1.29, 1.82) is 0 Å². The number of pyridine rings is 2. The van der Waals surface area contributed by atoms with Crippen LogP contribution < -0.4 is 5.19 Å². The summed E-state index contributed by atoms with van der Waals surface area (Å²) in [7, 11) is -1.85. The number of hydrogen-bond acceptors (Lipinski definition) is 3. The van der Waals surface area contributed by atoms with E-state index in [0.717, 1.165) is 27.2 Å². The number of fused-ring (bicyclic) bond motifs is 3. The van der Waals surface area contributed by atoms with E-state index in [-0.39, 0.29) is 36.9 Å². The van der Waals surface area contributed by atoms with Crippen LogP contribution in [0.3, 0.4) is 0 Å². The maximum atomic E-state index is 13.5. The Kier molecular flexibility index (Phi) is 7.34. The van der Waals surface area contributed by atoms with Gasteiger partial charge in [-0.2, -0.15) is 0 Å². The largest absolute Gasteiger partial charge is 0.500 e. The van der Waals surface area contributed by atoms with Gasteiger partial charge in [-0.3, -0.25) is 0 Å². The first kappa shape index (κ1) is 24.9. The zero-order valence-corrected chi connectivity index (χ0v) is 28.4. The average molecular weight is 771 g/mol. The van der Waals surface area contributed by atoms with Crippen molar-refractivity contribution in [3.63, 3.8) is 0 Å². The molecule has 6 rings (SSSR count). The van der Waals surface area contributed by atoms with Crippen molar-refractivity contribution < 1.29 is 37.1 Å². The van der Waals surface area contributed by atoms with Crippen LogP contribution >= 0.6 is 0 Å².